The molecule has 1 aliphatic rings. The van der Waals surface area contributed by atoms with Crippen molar-refractivity contribution in [3.8, 4) is 27.8 Å². The predicted octanol–water partition coefficient (Wildman–Crippen LogP) is 3.39. The van der Waals surface area contributed by atoms with Crippen molar-refractivity contribution in [1.29, 1.82) is 0 Å². The van der Waals surface area contributed by atoms with Crippen molar-refractivity contribution in [1.82, 2.24) is 19.7 Å². The van der Waals surface area contributed by atoms with Gasteiger partial charge >= 0.3 is 0 Å². The lowest BCUT2D eigenvalue weighted by molar-refractivity contribution is 0.288. The summed E-state index contributed by atoms with van der Waals surface area (Å²) in [6.07, 6.45) is 6.12. The first-order valence-electron chi connectivity index (χ1n) is 7.33. The molecule has 1 fully saturated rings. The van der Waals surface area contributed by atoms with Crippen molar-refractivity contribution in [2.75, 3.05) is 6.61 Å². The Morgan fingerprint density at radius 1 is 1.32 bits per heavy atom. The molecule has 0 unspecified atom stereocenters. The van der Waals surface area contributed by atoms with Gasteiger partial charge in [-0.05, 0) is 30.9 Å². The normalized spacial score (nSPS) is 14.2. The monoisotopic (exact) mass is 312 g/mol. The van der Waals surface area contributed by atoms with E-state index in [1.54, 1.807) is 23.7 Å². The minimum atomic E-state index is 0.682. The van der Waals surface area contributed by atoms with Gasteiger partial charge < -0.3 is 4.74 Å². The molecule has 0 atom stereocenters. The third-order valence-corrected chi connectivity index (χ3v) is 4.62. The molecule has 3 aromatic rings. The number of hydrogen-bond donors (Lipinski definition) is 0. The number of thiazole rings is 1. The van der Waals surface area contributed by atoms with Crippen LogP contribution in [-0.2, 0) is 7.05 Å². The smallest absolute Gasteiger partial charge is 0.213 e. The highest BCUT2D eigenvalue weighted by atomic mass is 32.1. The van der Waals surface area contributed by atoms with E-state index in [0.29, 0.717) is 5.88 Å². The molecule has 0 saturated heterocycles. The zero-order valence-electron chi connectivity index (χ0n) is 12.3. The highest BCUT2D eigenvalue weighted by Crippen LogP contribution is 2.31. The zero-order valence-corrected chi connectivity index (χ0v) is 13.1. The molecular formula is C16H16N4OS. The lowest BCUT2D eigenvalue weighted by Gasteiger charge is -2.04. The maximum Gasteiger partial charge on any atom is 0.213 e. The number of hydrogen-bond acceptors (Lipinski definition) is 5. The SMILES string of the molecule is Cn1nccc1-c1csc(-c2ccnc(OCC3CC3)c2)n1. The van der Waals surface area contributed by atoms with Crippen LogP contribution in [0.25, 0.3) is 22.0 Å². The van der Waals surface area contributed by atoms with Crippen molar-refractivity contribution in [3.05, 3.63) is 36.0 Å². The molecule has 0 bridgehead atoms. The van der Waals surface area contributed by atoms with Crippen LogP contribution in [-0.4, -0.2) is 26.4 Å². The summed E-state index contributed by atoms with van der Waals surface area (Å²) in [4.78, 5) is 8.98. The molecule has 0 spiro atoms. The van der Waals surface area contributed by atoms with Gasteiger partial charge in [0.1, 0.15) is 5.01 Å². The summed E-state index contributed by atoms with van der Waals surface area (Å²) in [5.41, 5.74) is 3.00. The van der Waals surface area contributed by atoms with Crippen LogP contribution in [0.15, 0.2) is 36.0 Å². The van der Waals surface area contributed by atoms with Crippen molar-refractivity contribution in [2.24, 2.45) is 13.0 Å². The Balaban J connectivity index is 1.57. The summed E-state index contributed by atoms with van der Waals surface area (Å²) in [5, 5.41) is 7.21. The van der Waals surface area contributed by atoms with Crippen LogP contribution in [0.5, 0.6) is 5.88 Å². The van der Waals surface area contributed by atoms with Gasteiger partial charge in [0, 0.05) is 36.5 Å². The van der Waals surface area contributed by atoms with Crippen LogP contribution in [0.1, 0.15) is 12.8 Å². The fraction of sp³-hybridized carbons (Fsp3) is 0.312. The molecule has 4 rings (SSSR count). The summed E-state index contributed by atoms with van der Waals surface area (Å²) < 4.78 is 7.57. The highest BCUT2D eigenvalue weighted by Gasteiger charge is 2.22. The van der Waals surface area contributed by atoms with Gasteiger partial charge in [0.2, 0.25) is 5.88 Å². The van der Waals surface area contributed by atoms with E-state index in [1.165, 1.54) is 12.8 Å². The Labute approximate surface area is 132 Å². The number of ether oxygens (including phenoxy) is 1. The predicted molar refractivity (Wildman–Crippen MR) is 85.8 cm³/mol. The minimum Gasteiger partial charge on any atom is -0.477 e. The first-order chi connectivity index (χ1) is 10.8. The van der Waals surface area contributed by atoms with Crippen LogP contribution < -0.4 is 4.74 Å². The Morgan fingerprint density at radius 2 is 2.23 bits per heavy atom. The molecule has 0 radical (unpaired) electrons. The number of nitrogens with zero attached hydrogens (tertiary/aromatic N) is 4. The first kappa shape index (κ1) is 13.5. The number of rotatable bonds is 5. The minimum absolute atomic E-state index is 0.682. The summed E-state index contributed by atoms with van der Waals surface area (Å²) >= 11 is 1.62. The second-order valence-electron chi connectivity index (χ2n) is 5.52. The van der Waals surface area contributed by atoms with Gasteiger partial charge in [-0.1, -0.05) is 0 Å². The van der Waals surface area contributed by atoms with E-state index in [0.717, 1.165) is 34.5 Å². The average Bonchev–Trinajstić information content (AvgIpc) is 3.06. The van der Waals surface area contributed by atoms with Crippen LogP contribution in [0.2, 0.25) is 0 Å². The van der Waals surface area contributed by atoms with E-state index in [1.807, 2.05) is 29.9 Å². The van der Waals surface area contributed by atoms with Crippen LogP contribution >= 0.6 is 11.3 Å². The van der Waals surface area contributed by atoms with E-state index in [-0.39, 0.29) is 0 Å². The molecule has 112 valence electrons. The van der Waals surface area contributed by atoms with Crippen LogP contribution in [0.4, 0.5) is 0 Å². The Bertz CT molecular complexity index is 791. The summed E-state index contributed by atoms with van der Waals surface area (Å²) in [6.45, 7) is 0.772. The maximum atomic E-state index is 5.74. The molecule has 3 heterocycles. The quantitative estimate of drug-likeness (QED) is 0.724. The molecular weight excluding hydrogens is 296 g/mol. The molecule has 22 heavy (non-hydrogen) atoms. The third kappa shape index (κ3) is 2.74. The third-order valence-electron chi connectivity index (χ3n) is 3.73. The topological polar surface area (TPSA) is 52.8 Å². The van der Waals surface area contributed by atoms with E-state index >= 15 is 0 Å². The summed E-state index contributed by atoms with van der Waals surface area (Å²) in [6, 6.07) is 5.90. The Kier molecular flexibility index (Phi) is 3.38. The van der Waals surface area contributed by atoms with Crippen molar-refractivity contribution >= 4 is 11.3 Å². The second-order valence-corrected chi connectivity index (χ2v) is 6.37. The second kappa shape index (κ2) is 5.53. The lowest BCUT2D eigenvalue weighted by atomic mass is 10.3. The van der Waals surface area contributed by atoms with Gasteiger partial charge in [0.15, 0.2) is 0 Å². The van der Waals surface area contributed by atoms with Crippen LogP contribution in [0.3, 0.4) is 0 Å². The Hall–Kier alpha value is -2.21. The van der Waals surface area contributed by atoms with Crippen molar-refractivity contribution < 1.29 is 4.74 Å². The highest BCUT2D eigenvalue weighted by molar-refractivity contribution is 7.13. The van der Waals surface area contributed by atoms with Gasteiger partial charge in [0.05, 0.1) is 18.0 Å². The summed E-state index contributed by atoms with van der Waals surface area (Å²) in [7, 11) is 1.92. The maximum absolute atomic E-state index is 5.74. The number of pyridine rings is 1. The molecule has 1 saturated carbocycles. The molecule has 1 aliphatic carbocycles. The first-order valence-corrected chi connectivity index (χ1v) is 8.21. The van der Waals surface area contributed by atoms with Gasteiger partial charge in [0.25, 0.3) is 0 Å². The van der Waals surface area contributed by atoms with Gasteiger partial charge in [-0.2, -0.15) is 5.10 Å². The van der Waals surface area contributed by atoms with E-state index in [4.69, 9.17) is 9.72 Å². The average molecular weight is 312 g/mol. The molecule has 6 heteroatoms. The lowest BCUT2D eigenvalue weighted by Crippen LogP contribution is -2.00. The standard InChI is InChI=1S/C16H16N4OS/c1-20-14(5-7-18-20)13-10-22-16(19-13)12-4-6-17-15(8-12)21-9-11-2-3-11/h4-8,10-11H,2-3,9H2,1H3. The van der Waals surface area contributed by atoms with Crippen molar-refractivity contribution in [3.63, 3.8) is 0 Å². The molecule has 5 nitrogen and oxygen atoms in total. The van der Waals surface area contributed by atoms with E-state index in [2.05, 4.69) is 15.5 Å². The summed E-state index contributed by atoms with van der Waals surface area (Å²) in [5.74, 6) is 1.41. The van der Waals surface area contributed by atoms with Gasteiger partial charge in [-0.15, -0.1) is 11.3 Å². The van der Waals surface area contributed by atoms with E-state index < -0.39 is 0 Å². The molecule has 3 aromatic heterocycles. The number of aryl methyl sites for hydroxylation is 1. The molecule has 0 N–H and O–H groups in total. The number of aromatic nitrogens is 4. The van der Waals surface area contributed by atoms with E-state index in [9.17, 15) is 0 Å². The van der Waals surface area contributed by atoms with Gasteiger partial charge in [-0.25, -0.2) is 9.97 Å². The van der Waals surface area contributed by atoms with Crippen LogP contribution in [0, 0.1) is 5.92 Å². The molecule has 0 aromatic carbocycles. The fourth-order valence-corrected chi connectivity index (χ4v) is 3.07. The Morgan fingerprint density at radius 3 is 3.00 bits per heavy atom. The molecule has 0 aliphatic heterocycles. The van der Waals surface area contributed by atoms with Gasteiger partial charge in [-0.3, -0.25) is 4.68 Å². The molecule has 0 amide bonds. The van der Waals surface area contributed by atoms with Crippen molar-refractivity contribution in [2.45, 2.75) is 12.8 Å². The fourth-order valence-electron chi connectivity index (χ4n) is 2.26. The largest absolute Gasteiger partial charge is 0.477 e. The zero-order chi connectivity index (χ0) is 14.9.